The van der Waals surface area contributed by atoms with E-state index in [1.165, 1.54) is 6.92 Å². The Morgan fingerprint density at radius 1 is 1.24 bits per heavy atom. The van der Waals surface area contributed by atoms with Gasteiger partial charge in [-0.05, 0) is 32.1 Å². The molecule has 42 heavy (non-hydrogen) atoms. The zero-order valence-corrected chi connectivity index (χ0v) is 26.9. The minimum Gasteiger partial charge on any atom is -0.846 e. The fourth-order valence-corrected chi connectivity index (χ4v) is 4.72. The molecule has 0 spiro atoms. The van der Waals surface area contributed by atoms with E-state index < -0.39 is 71.2 Å². The molecule has 4 N–H and O–H groups in total. The van der Waals surface area contributed by atoms with Crippen LogP contribution in [0.1, 0.15) is 79.4 Å². The number of ether oxygens (including phenoxy) is 2. The third kappa shape index (κ3) is 8.80. The Kier molecular flexibility index (Phi) is 15.2. The Morgan fingerprint density at radius 2 is 1.90 bits per heavy atom. The van der Waals surface area contributed by atoms with Crippen molar-refractivity contribution >= 4 is 29.7 Å². The third-order valence-corrected chi connectivity index (χ3v) is 7.19. The van der Waals surface area contributed by atoms with Crippen LogP contribution in [0, 0.1) is 17.2 Å². The molecule has 3 heterocycles. The Labute approximate surface area is 265 Å². The van der Waals surface area contributed by atoms with Crippen LogP contribution in [0.2, 0.25) is 0 Å². The first kappa shape index (κ1) is 37.6. The third-order valence-electron chi connectivity index (χ3n) is 7.19. The summed E-state index contributed by atoms with van der Waals surface area (Å²) in [5.74, 6) is -2.78. The molecule has 230 valence electrons. The van der Waals surface area contributed by atoms with Crippen LogP contribution < -0.4 is 51.0 Å². The number of rotatable bonds is 10. The summed E-state index contributed by atoms with van der Waals surface area (Å²) < 4.78 is 24.9. The fourth-order valence-electron chi connectivity index (χ4n) is 4.72. The number of nitrogens with one attached hydrogen (secondary N) is 2. The van der Waals surface area contributed by atoms with E-state index in [0.717, 1.165) is 36.4 Å². The Hall–Kier alpha value is -2.43. The molecule has 3 amide bonds. The number of carbonyl (C=O) groups excluding carboxylic acids is 3. The van der Waals surface area contributed by atoms with E-state index in [1.807, 2.05) is 20.8 Å². The molecule has 1 fully saturated rings. The van der Waals surface area contributed by atoms with Gasteiger partial charge in [0.05, 0.1) is 24.9 Å². The summed E-state index contributed by atoms with van der Waals surface area (Å²) in [6, 6.07) is -0.845. The largest absolute Gasteiger partial charge is 1.00 e. The second-order valence-electron chi connectivity index (χ2n) is 10.00. The molecular weight excluding hydrogens is 568 g/mol. The summed E-state index contributed by atoms with van der Waals surface area (Å²) in [5.41, 5.74) is -2.10. The maximum absolute atomic E-state index is 14.1. The van der Waals surface area contributed by atoms with Gasteiger partial charge in [0.25, 0.3) is 5.91 Å². The molecule has 6 atom stereocenters. The van der Waals surface area contributed by atoms with Crippen molar-refractivity contribution in [3.8, 4) is 0 Å². The Bertz CT molecular complexity index is 1180. The van der Waals surface area contributed by atoms with Crippen LogP contribution in [0.5, 0.6) is 0 Å². The second-order valence-corrected chi connectivity index (χ2v) is 10.00. The molecule has 16 heteroatoms. The molecule has 0 saturated carbocycles. The first-order valence-corrected chi connectivity index (χ1v) is 13.7. The van der Waals surface area contributed by atoms with Crippen molar-refractivity contribution in [2.24, 2.45) is 16.3 Å². The topological polar surface area (TPSA) is 204 Å². The van der Waals surface area contributed by atoms with Crippen LogP contribution >= 0.6 is 0 Å². The molecule has 3 rings (SSSR count). The zero-order valence-electron chi connectivity index (χ0n) is 24.9. The number of nitrogens with zero attached hydrogens (tertiary/aromatic N) is 3. The Morgan fingerprint density at radius 3 is 2.43 bits per heavy atom. The van der Waals surface area contributed by atoms with Gasteiger partial charge in [0, 0.05) is 0 Å². The number of carbonyl (C=O) groups is 3. The number of anilines is 1. The van der Waals surface area contributed by atoms with E-state index in [2.05, 4.69) is 20.6 Å². The number of aliphatic hydroxyl groups excluding tert-OH is 2. The van der Waals surface area contributed by atoms with Gasteiger partial charge in [-0.15, -0.1) is 0 Å². The average molecular weight is 608 g/mol. The quantitative estimate of drug-likeness (QED) is 0.130. The number of aromatic nitrogens is 2. The normalized spacial score (nSPS) is 25.8. The zero-order chi connectivity index (χ0) is 30.9. The molecule has 1 aromatic heterocycles. The van der Waals surface area contributed by atoms with Crippen molar-refractivity contribution in [3.63, 3.8) is 0 Å². The number of amides is 3. The SMILES string of the molecule is CCCC(C)C1(CC)C(=O)N=C([O-])NC1=O.CCCCCOC(=O)Nc1nc(=O)n([C@@H]2O[C@H](C)[C@@H](O)[C@H]2O)cc1F.[Na+]. The summed E-state index contributed by atoms with van der Waals surface area (Å²) in [6.07, 6.45) is -0.233. The van der Waals surface area contributed by atoms with Crippen LogP contribution in [-0.2, 0) is 19.1 Å². The van der Waals surface area contributed by atoms with Crippen LogP contribution in [0.3, 0.4) is 0 Å². The smallest absolute Gasteiger partial charge is 0.846 e. The number of amidine groups is 1. The van der Waals surface area contributed by atoms with Crippen molar-refractivity contribution in [1.29, 1.82) is 0 Å². The summed E-state index contributed by atoms with van der Waals surface area (Å²) >= 11 is 0. The van der Waals surface area contributed by atoms with E-state index >= 15 is 0 Å². The van der Waals surface area contributed by atoms with Gasteiger partial charge >= 0.3 is 41.3 Å². The van der Waals surface area contributed by atoms with Crippen molar-refractivity contribution in [3.05, 3.63) is 22.5 Å². The van der Waals surface area contributed by atoms with Gasteiger partial charge in [0.1, 0.15) is 17.6 Å². The van der Waals surface area contributed by atoms with Gasteiger partial charge in [-0.1, -0.05) is 47.0 Å². The van der Waals surface area contributed by atoms with E-state index in [9.17, 15) is 38.9 Å². The number of hydrogen-bond acceptors (Lipinski definition) is 10. The fraction of sp³-hybridized carbons (Fsp3) is 0.692. The van der Waals surface area contributed by atoms with Gasteiger partial charge in [-0.2, -0.15) is 4.98 Å². The predicted molar refractivity (Wildman–Crippen MR) is 142 cm³/mol. The molecule has 2 aliphatic heterocycles. The molecule has 0 aliphatic carbocycles. The summed E-state index contributed by atoms with van der Waals surface area (Å²) in [7, 11) is 0. The van der Waals surface area contributed by atoms with Crippen LogP contribution in [0.25, 0.3) is 0 Å². The van der Waals surface area contributed by atoms with E-state index in [0.29, 0.717) is 12.8 Å². The van der Waals surface area contributed by atoms with Crippen molar-refractivity contribution in [2.45, 2.75) is 97.7 Å². The summed E-state index contributed by atoms with van der Waals surface area (Å²) in [5, 5.41) is 34.7. The molecule has 2 aliphatic rings. The van der Waals surface area contributed by atoms with E-state index in [1.54, 1.807) is 6.92 Å². The van der Waals surface area contributed by atoms with Gasteiger partial charge in [-0.3, -0.25) is 19.5 Å². The van der Waals surface area contributed by atoms with Gasteiger partial charge < -0.3 is 30.1 Å². The molecule has 1 saturated heterocycles. The average Bonchev–Trinajstić information content (AvgIpc) is 3.16. The second kappa shape index (κ2) is 17.0. The first-order chi connectivity index (χ1) is 19.3. The van der Waals surface area contributed by atoms with E-state index in [4.69, 9.17) is 9.47 Å². The molecular formula is C26H39FN5NaO9. The maximum Gasteiger partial charge on any atom is 1.00 e. The standard InChI is InChI=1S/C15H22FN3O6.C11H18N2O3.Na/c1-3-4-5-6-24-15(23)18-12-9(16)7-19(14(22)17-12)13-11(21)10(20)8(2)25-13;1-4-6-7(3)11(5-2)8(14)12-10(16)13-9(11)15;/h7-8,10-11,13,20-21H,3-6H2,1-2H3,(H,17,18,22,23);7H,4-6H2,1-3H3,(H2,12,13,14,15,16);/q;;+1/p-1/t8-,10-,11-,13-;;/m1../s1. The predicted octanol–water partition coefficient (Wildman–Crippen LogP) is -2.04. The minimum atomic E-state index is -1.41. The van der Waals surface area contributed by atoms with Gasteiger partial charge in [0.15, 0.2) is 17.9 Å². The first-order valence-electron chi connectivity index (χ1n) is 13.7. The van der Waals surface area contributed by atoms with E-state index in [-0.39, 0.29) is 42.1 Å². The number of aliphatic hydroxyl groups is 2. The van der Waals surface area contributed by atoms with Crippen molar-refractivity contribution in [2.75, 3.05) is 11.9 Å². The number of halogens is 1. The summed E-state index contributed by atoms with van der Waals surface area (Å²) in [4.78, 5) is 54.1. The molecule has 1 aromatic rings. The van der Waals surface area contributed by atoms with Crippen LogP contribution in [0.15, 0.2) is 16.0 Å². The molecule has 2 unspecified atom stereocenters. The molecule has 0 bridgehead atoms. The van der Waals surface area contributed by atoms with Crippen LogP contribution in [-0.4, -0.2) is 68.6 Å². The van der Waals surface area contributed by atoms with Crippen LogP contribution in [0.4, 0.5) is 15.0 Å². The molecule has 0 radical (unpaired) electrons. The summed E-state index contributed by atoms with van der Waals surface area (Å²) in [6.45, 7) is 9.31. The molecule has 0 aromatic carbocycles. The van der Waals surface area contributed by atoms with Gasteiger partial charge in [-0.25, -0.2) is 19.0 Å². The number of unbranched alkanes of at least 4 members (excludes halogenated alkanes) is 2. The molecule has 14 nitrogen and oxygen atoms in total. The number of aliphatic imine (C=N–C) groups is 1. The Balaban J connectivity index is 0.000000450. The van der Waals surface area contributed by atoms with Crippen molar-refractivity contribution in [1.82, 2.24) is 14.9 Å². The number of hydrogen-bond donors (Lipinski definition) is 4. The minimum absolute atomic E-state index is 0. The maximum atomic E-state index is 14.1. The van der Waals surface area contributed by atoms with Gasteiger partial charge in [0.2, 0.25) is 5.91 Å². The van der Waals surface area contributed by atoms with Crippen molar-refractivity contribution < 1.29 is 73.1 Å². The monoisotopic (exact) mass is 607 g/mol.